The van der Waals surface area contributed by atoms with Gasteiger partial charge in [0, 0.05) is 102 Å². The Morgan fingerprint density at radius 2 is 0.777 bits per heavy atom. The Balaban J connectivity index is 0.000000137. The molecule has 4 saturated heterocycles. The van der Waals surface area contributed by atoms with Gasteiger partial charge in [-0.15, -0.1) is 6.58 Å². The molecule has 32 atom stereocenters. The number of fused-ring (bicyclic) bond motifs is 20. The van der Waals surface area contributed by atoms with Crippen molar-refractivity contribution in [1.29, 1.82) is 0 Å². The molecule has 16 nitrogen and oxygen atoms in total. The van der Waals surface area contributed by atoms with Crippen LogP contribution in [-0.4, -0.2) is 153 Å². The number of aliphatic hydroxyl groups excluding tert-OH is 2. The lowest BCUT2D eigenvalue weighted by atomic mass is 9.45. The largest absolute Gasteiger partial charge is 0.459 e. The van der Waals surface area contributed by atoms with Crippen LogP contribution >= 0.6 is 15.9 Å². The number of amides is 4. The van der Waals surface area contributed by atoms with Gasteiger partial charge in [0.1, 0.15) is 6.10 Å². The van der Waals surface area contributed by atoms with E-state index < -0.39 is 10.9 Å². The smallest absolute Gasteiger partial charge is 0.338 e. The third-order valence-electron chi connectivity index (χ3n) is 36.9. The van der Waals surface area contributed by atoms with E-state index in [9.17, 15) is 44.3 Å². The highest BCUT2D eigenvalue weighted by molar-refractivity contribution is 9.09. The normalized spacial score (nSPS) is 47.7. The summed E-state index contributed by atoms with van der Waals surface area (Å²) in [6, 6.07) is 7.29. The number of rotatable bonds is 7. The number of nitro groups is 1. The van der Waals surface area contributed by atoms with E-state index in [1.807, 2.05) is 39.9 Å². The zero-order valence-electron chi connectivity index (χ0n) is 73.1. The molecule has 0 spiro atoms. The third-order valence-corrected chi connectivity index (χ3v) is 37.4. The van der Waals surface area contributed by atoms with Gasteiger partial charge in [-0.2, -0.15) is 0 Å². The van der Waals surface area contributed by atoms with Crippen LogP contribution in [0.5, 0.6) is 0 Å². The van der Waals surface area contributed by atoms with Crippen LogP contribution in [0, 0.1) is 148 Å². The van der Waals surface area contributed by atoms with Crippen LogP contribution in [0.2, 0.25) is 0 Å². The van der Waals surface area contributed by atoms with Gasteiger partial charge in [0.15, 0.2) is 0 Å². The number of alkyl halides is 1. The average molecular weight is 1620 g/mol. The maximum absolute atomic E-state index is 12.8. The number of carbonyl (C=O) groups excluding carboxylic acids is 5. The number of carbonyl (C=O) groups is 5. The molecular formula is C95H152BrN5O11. The second kappa shape index (κ2) is 33.3. The molecule has 16 aliphatic rings. The van der Waals surface area contributed by atoms with Gasteiger partial charge < -0.3 is 39.3 Å². The van der Waals surface area contributed by atoms with Crippen molar-refractivity contribution in [2.75, 3.05) is 40.1 Å². The molecular weight excluding hydrogens is 1470 g/mol. The fourth-order valence-corrected chi connectivity index (χ4v) is 31.3. The van der Waals surface area contributed by atoms with Crippen molar-refractivity contribution < 1.29 is 48.6 Å². The number of halogens is 1. The lowest BCUT2D eigenvalue weighted by molar-refractivity contribution is -0.384. The molecule has 0 aromatic heterocycles. The molecule has 112 heavy (non-hydrogen) atoms. The molecule has 17 rings (SSSR count). The average Bonchev–Trinajstić information content (AvgIpc) is 1.36. The summed E-state index contributed by atoms with van der Waals surface area (Å²) in [5.41, 5.74) is 2.74. The van der Waals surface area contributed by atoms with Crippen molar-refractivity contribution in [3.8, 4) is 0 Å². The second-order valence-corrected chi connectivity index (χ2v) is 43.4. The van der Waals surface area contributed by atoms with Crippen molar-refractivity contribution in [1.82, 2.24) is 19.6 Å². The molecule has 4 amide bonds. The number of benzene rings is 1. The second-order valence-electron chi connectivity index (χ2n) is 42.7. The summed E-state index contributed by atoms with van der Waals surface area (Å²) >= 11 is 3.13. The van der Waals surface area contributed by atoms with Crippen LogP contribution in [-0.2, 0) is 28.7 Å². The van der Waals surface area contributed by atoms with E-state index in [4.69, 9.17) is 9.47 Å². The summed E-state index contributed by atoms with van der Waals surface area (Å²) in [6.07, 6.45) is 33.3. The van der Waals surface area contributed by atoms with Crippen molar-refractivity contribution >= 4 is 51.2 Å². The Hall–Kier alpha value is -3.93. The predicted molar refractivity (Wildman–Crippen MR) is 449 cm³/mol. The van der Waals surface area contributed by atoms with Gasteiger partial charge >= 0.3 is 5.97 Å². The number of allylic oxidation sites excluding steroid dienone is 1. The maximum Gasteiger partial charge on any atom is 0.338 e. The Kier molecular flexibility index (Phi) is 26.0. The van der Waals surface area contributed by atoms with Crippen molar-refractivity contribution in [3.63, 3.8) is 0 Å². The first kappa shape index (κ1) is 87.4. The molecule has 20 unspecified atom stereocenters. The highest BCUT2D eigenvalue weighted by atomic mass is 79.9. The summed E-state index contributed by atoms with van der Waals surface area (Å²) < 4.78 is 12.2. The standard InChI is InChI=1S/C27H36N2O5.C23H39NO2.2C20H33NO2.C3H5Br.C2H6/c1-16-13-22-27(3,12-10-23(30)28(22)4)20-9-11-26(2)15-19(14-21(26)24(16)20)34-25(31)17-5-7-18(8-6-17)29(32)33;1-6-11-26-16-13-18-21-15(2)12-19-23(4,10-8-20(25)24(19)5)17(21)7-9-22(18,3)14-16;2*1-12-9-16-20(3,8-6-17(23)21(16)4)14-5-7-19(2)11-13(22)10-15(19)18(12)14;1-2-3-4;1-2/h5-8,16,19-22,24H,9-15H2,1-4H3;15-19,21H,6-14H2,1-5H3;2*12-16,18,22H,5-11H2,1-4H3;2H,1,3H2;1-2H3/t16?,19?,20?,21?,22?,24?,26-,27-;15?,16?,17?,18?,19?,21?,22-,23-;12-,13+,14?,15?,16?,18?,19+,20+;12-,13-,14?,15?,16?,18?,19+,20+;;/m1100../s1. The molecule has 12 saturated carbocycles. The van der Waals surface area contributed by atoms with Crippen LogP contribution in [0.1, 0.15) is 300 Å². The molecule has 0 bridgehead atoms. The Labute approximate surface area is 684 Å². The summed E-state index contributed by atoms with van der Waals surface area (Å²) in [5.74, 6) is 12.0. The number of nitrogens with zero attached hydrogens (tertiary/aromatic N) is 5. The summed E-state index contributed by atoms with van der Waals surface area (Å²) in [4.78, 5) is 80.8. The fraction of sp³-hybridized carbons (Fsp3) is 0.863. The SMILES string of the molecule is C=CCBr.CC.CC1CC2N(C)C(=O)CC[C@]2(C)C2CC[C@]3(C)CC(OC(=O)c4ccc([N+](=O)[O-])cc4)CC3C12.CCCOC1CC2C3C(C)CC4N(C)C(=O)CC[C@]4(C)C3CC[C@]2(C)C1.C[C@H]1CC2N(C)C(=O)CC[C@]2(C)C2CC[C@]3(C)C[C@@H](O)CC3C21.C[C@H]1CC2N(C)C(=O)CC[C@]2(C)C2CC[C@]3(C)C[C@H](O)CC3C21. The number of hydrogen-bond donors (Lipinski definition) is 2. The Morgan fingerprint density at radius 3 is 1.07 bits per heavy atom. The minimum absolute atomic E-state index is 0.0323. The van der Waals surface area contributed by atoms with E-state index in [0.717, 1.165) is 175 Å². The van der Waals surface area contributed by atoms with Crippen LogP contribution in [0.25, 0.3) is 0 Å². The van der Waals surface area contributed by atoms with Crippen molar-refractivity contribution in [2.45, 2.75) is 339 Å². The van der Waals surface area contributed by atoms with Gasteiger partial charge in [-0.3, -0.25) is 29.3 Å². The van der Waals surface area contributed by atoms with Gasteiger partial charge in [-0.05, 0) is 311 Å². The molecule has 4 heterocycles. The highest BCUT2D eigenvalue weighted by Gasteiger charge is 2.68. The number of ether oxygens (including phenoxy) is 2. The highest BCUT2D eigenvalue weighted by Crippen LogP contribution is 2.71. The lowest BCUT2D eigenvalue weighted by Gasteiger charge is -2.63. The molecule has 2 N–H and O–H groups in total. The van der Waals surface area contributed by atoms with Crippen LogP contribution in [0.4, 0.5) is 5.69 Å². The molecule has 12 aliphatic carbocycles. The first-order chi connectivity index (χ1) is 52.8. The monoisotopic (exact) mass is 1620 g/mol. The van der Waals surface area contributed by atoms with Crippen LogP contribution in [0.15, 0.2) is 36.9 Å². The fourth-order valence-electron chi connectivity index (χ4n) is 31.3. The van der Waals surface area contributed by atoms with Crippen molar-refractivity contribution in [3.05, 3.63) is 52.6 Å². The summed E-state index contributed by atoms with van der Waals surface area (Å²) in [7, 11) is 8.12. The molecule has 1 aromatic carbocycles. The number of non-ortho nitro benzene ring substituents is 1. The van der Waals surface area contributed by atoms with E-state index in [2.05, 4.69) is 134 Å². The zero-order valence-corrected chi connectivity index (χ0v) is 74.6. The number of nitro benzene ring substituents is 1. The van der Waals surface area contributed by atoms with Crippen LogP contribution in [0.3, 0.4) is 0 Å². The van der Waals surface area contributed by atoms with Gasteiger partial charge in [0.25, 0.3) is 5.69 Å². The zero-order chi connectivity index (χ0) is 81.7. The molecule has 4 aliphatic heterocycles. The first-order valence-corrected chi connectivity index (χ1v) is 46.5. The molecule has 1 aromatic rings. The van der Waals surface area contributed by atoms with Gasteiger partial charge in [0.05, 0.1) is 28.8 Å². The van der Waals surface area contributed by atoms with E-state index in [-0.39, 0.29) is 51.6 Å². The summed E-state index contributed by atoms with van der Waals surface area (Å²) in [5, 5.41) is 32.4. The molecule has 0 radical (unpaired) electrons. The number of esters is 1. The Bertz CT molecular complexity index is 3470. The number of hydrogen-bond acceptors (Lipinski definition) is 11. The minimum Gasteiger partial charge on any atom is -0.459 e. The number of aliphatic hydroxyl groups is 2. The quantitative estimate of drug-likeness (QED) is 0.0865. The maximum atomic E-state index is 12.8. The van der Waals surface area contributed by atoms with Crippen LogP contribution < -0.4 is 0 Å². The van der Waals surface area contributed by atoms with E-state index in [0.29, 0.717) is 129 Å². The first-order valence-electron chi connectivity index (χ1n) is 45.4. The van der Waals surface area contributed by atoms with E-state index in [1.165, 1.54) is 88.5 Å². The number of likely N-dealkylation sites (tertiary alicyclic amines) is 4. The van der Waals surface area contributed by atoms with Gasteiger partial charge in [-0.1, -0.05) is 126 Å². The Morgan fingerprint density at radius 1 is 0.491 bits per heavy atom. The third kappa shape index (κ3) is 15.5. The van der Waals surface area contributed by atoms with Gasteiger partial charge in [0.2, 0.25) is 23.6 Å². The molecule has 17 heteroatoms. The van der Waals surface area contributed by atoms with Crippen molar-refractivity contribution in [2.24, 2.45) is 138 Å². The molecule has 630 valence electrons. The predicted octanol–water partition coefficient (Wildman–Crippen LogP) is 19.6. The lowest BCUT2D eigenvalue weighted by Crippen LogP contribution is -2.62. The minimum atomic E-state index is -0.468. The topological polar surface area (TPSA) is 200 Å². The molecule has 16 fully saturated rings. The van der Waals surface area contributed by atoms with E-state index >= 15 is 0 Å². The summed E-state index contributed by atoms with van der Waals surface area (Å²) in [6.45, 7) is 39.9. The van der Waals surface area contributed by atoms with E-state index in [1.54, 1.807) is 6.08 Å². The number of piperidine rings is 4. The van der Waals surface area contributed by atoms with Gasteiger partial charge in [-0.25, -0.2) is 4.79 Å².